The van der Waals surface area contributed by atoms with Gasteiger partial charge in [-0.05, 0) is 49.6 Å². The fourth-order valence-corrected chi connectivity index (χ4v) is 3.10. The lowest BCUT2D eigenvalue weighted by Crippen LogP contribution is -2.41. The molecule has 1 unspecified atom stereocenters. The van der Waals surface area contributed by atoms with E-state index in [2.05, 4.69) is 43.9 Å². The Morgan fingerprint density at radius 3 is 2.82 bits per heavy atom. The molecule has 0 radical (unpaired) electrons. The van der Waals surface area contributed by atoms with Gasteiger partial charge in [0.15, 0.2) is 0 Å². The number of likely N-dealkylation sites (N-methyl/N-ethyl adjacent to an activating group) is 1. The first-order chi connectivity index (χ1) is 10.6. The SMILES string of the molecule is CCN1CC(Cc2cccc(C)c2C)Oc2ccc(O)cc21. The van der Waals surface area contributed by atoms with Gasteiger partial charge < -0.3 is 14.7 Å². The number of hydrogen-bond acceptors (Lipinski definition) is 3. The summed E-state index contributed by atoms with van der Waals surface area (Å²) in [5.74, 6) is 1.15. The molecule has 1 heterocycles. The maximum absolute atomic E-state index is 9.69. The third-order valence-corrected chi connectivity index (χ3v) is 4.55. The van der Waals surface area contributed by atoms with Crippen molar-refractivity contribution in [3.8, 4) is 11.5 Å². The van der Waals surface area contributed by atoms with Gasteiger partial charge in [-0.3, -0.25) is 0 Å². The molecule has 0 bridgehead atoms. The molecule has 0 aliphatic carbocycles. The number of ether oxygens (including phenoxy) is 1. The third-order valence-electron chi connectivity index (χ3n) is 4.55. The van der Waals surface area contributed by atoms with Crippen LogP contribution < -0.4 is 9.64 Å². The van der Waals surface area contributed by atoms with Crippen molar-refractivity contribution in [2.75, 3.05) is 18.0 Å². The molecule has 3 nitrogen and oxygen atoms in total. The average Bonchev–Trinajstić information content (AvgIpc) is 2.51. The highest BCUT2D eigenvalue weighted by atomic mass is 16.5. The van der Waals surface area contributed by atoms with Gasteiger partial charge in [-0.15, -0.1) is 0 Å². The molecule has 116 valence electrons. The van der Waals surface area contributed by atoms with Crippen molar-refractivity contribution in [1.29, 1.82) is 0 Å². The van der Waals surface area contributed by atoms with Crippen LogP contribution in [0.3, 0.4) is 0 Å². The van der Waals surface area contributed by atoms with Gasteiger partial charge in [-0.2, -0.15) is 0 Å². The molecule has 1 aliphatic rings. The zero-order valence-electron chi connectivity index (χ0n) is 13.5. The van der Waals surface area contributed by atoms with Gasteiger partial charge in [-0.25, -0.2) is 0 Å². The number of benzene rings is 2. The van der Waals surface area contributed by atoms with E-state index in [0.29, 0.717) is 0 Å². The maximum Gasteiger partial charge on any atom is 0.143 e. The van der Waals surface area contributed by atoms with Gasteiger partial charge in [-0.1, -0.05) is 18.2 Å². The molecule has 1 aliphatic heterocycles. The third kappa shape index (κ3) is 2.76. The fourth-order valence-electron chi connectivity index (χ4n) is 3.10. The Kier molecular flexibility index (Phi) is 3.97. The predicted molar refractivity (Wildman–Crippen MR) is 90.0 cm³/mol. The quantitative estimate of drug-likeness (QED) is 0.934. The van der Waals surface area contributed by atoms with E-state index in [9.17, 15) is 5.11 Å². The number of nitrogens with zero attached hydrogens (tertiary/aromatic N) is 1. The number of aryl methyl sites for hydroxylation is 1. The van der Waals surface area contributed by atoms with Gasteiger partial charge >= 0.3 is 0 Å². The number of hydrogen-bond donors (Lipinski definition) is 1. The van der Waals surface area contributed by atoms with Crippen molar-refractivity contribution in [2.24, 2.45) is 0 Å². The van der Waals surface area contributed by atoms with E-state index < -0.39 is 0 Å². The summed E-state index contributed by atoms with van der Waals surface area (Å²) in [5, 5.41) is 9.69. The Bertz CT molecular complexity index is 681. The lowest BCUT2D eigenvalue weighted by Gasteiger charge is -2.36. The molecule has 0 spiro atoms. The molecule has 3 rings (SSSR count). The minimum Gasteiger partial charge on any atom is -0.508 e. The van der Waals surface area contributed by atoms with Gasteiger partial charge in [0.25, 0.3) is 0 Å². The average molecular weight is 297 g/mol. The van der Waals surface area contributed by atoms with Crippen molar-refractivity contribution in [1.82, 2.24) is 0 Å². The van der Waals surface area contributed by atoms with Crippen molar-refractivity contribution in [3.05, 3.63) is 53.1 Å². The van der Waals surface area contributed by atoms with Gasteiger partial charge in [0, 0.05) is 19.0 Å². The van der Waals surface area contributed by atoms with Crippen LogP contribution in [0.15, 0.2) is 36.4 Å². The number of rotatable bonds is 3. The molecule has 0 saturated carbocycles. The lowest BCUT2D eigenvalue weighted by molar-refractivity contribution is 0.193. The first kappa shape index (κ1) is 14.8. The summed E-state index contributed by atoms with van der Waals surface area (Å²) in [4.78, 5) is 2.27. The molecule has 0 aromatic heterocycles. The second kappa shape index (κ2) is 5.91. The monoisotopic (exact) mass is 297 g/mol. The van der Waals surface area contributed by atoms with Crippen LogP contribution >= 0.6 is 0 Å². The van der Waals surface area contributed by atoms with E-state index in [4.69, 9.17) is 4.74 Å². The Hall–Kier alpha value is -2.16. The van der Waals surface area contributed by atoms with Crippen molar-refractivity contribution < 1.29 is 9.84 Å². The van der Waals surface area contributed by atoms with E-state index in [1.54, 1.807) is 12.1 Å². The van der Waals surface area contributed by atoms with E-state index in [1.165, 1.54) is 16.7 Å². The minimum atomic E-state index is 0.137. The summed E-state index contributed by atoms with van der Waals surface area (Å²) < 4.78 is 6.17. The molecule has 22 heavy (non-hydrogen) atoms. The molecule has 0 saturated heterocycles. The topological polar surface area (TPSA) is 32.7 Å². The van der Waals surface area contributed by atoms with Crippen LogP contribution in [0.1, 0.15) is 23.6 Å². The van der Waals surface area contributed by atoms with Gasteiger partial charge in [0.1, 0.15) is 17.6 Å². The van der Waals surface area contributed by atoms with E-state index >= 15 is 0 Å². The summed E-state index contributed by atoms with van der Waals surface area (Å²) in [5.41, 5.74) is 5.01. The highest BCUT2D eigenvalue weighted by Gasteiger charge is 2.25. The first-order valence-electron chi connectivity index (χ1n) is 7.88. The molecular formula is C19H23NO2. The smallest absolute Gasteiger partial charge is 0.143 e. The lowest BCUT2D eigenvalue weighted by atomic mass is 9.97. The zero-order valence-corrected chi connectivity index (χ0v) is 13.5. The van der Waals surface area contributed by atoms with E-state index in [0.717, 1.165) is 30.9 Å². The van der Waals surface area contributed by atoms with Gasteiger partial charge in [0.05, 0.1) is 12.2 Å². The Morgan fingerprint density at radius 2 is 2.05 bits per heavy atom. The molecular weight excluding hydrogens is 274 g/mol. The van der Waals surface area contributed by atoms with Crippen LogP contribution in [0.2, 0.25) is 0 Å². The largest absolute Gasteiger partial charge is 0.508 e. The van der Waals surface area contributed by atoms with Crippen LogP contribution in [0.25, 0.3) is 0 Å². The van der Waals surface area contributed by atoms with Crippen LogP contribution in [0.4, 0.5) is 5.69 Å². The Morgan fingerprint density at radius 1 is 1.23 bits per heavy atom. The highest BCUT2D eigenvalue weighted by Crippen LogP contribution is 2.36. The second-order valence-corrected chi connectivity index (χ2v) is 5.99. The minimum absolute atomic E-state index is 0.137. The number of aromatic hydroxyl groups is 1. The van der Waals surface area contributed by atoms with Crippen LogP contribution in [0, 0.1) is 13.8 Å². The molecule has 2 aromatic carbocycles. The van der Waals surface area contributed by atoms with Crippen molar-refractivity contribution in [3.63, 3.8) is 0 Å². The number of phenolic OH excluding ortho intramolecular Hbond substituents is 1. The predicted octanol–water partition coefficient (Wildman–Crippen LogP) is 3.84. The van der Waals surface area contributed by atoms with E-state index in [-0.39, 0.29) is 11.9 Å². The van der Waals surface area contributed by atoms with Gasteiger partial charge in [0.2, 0.25) is 0 Å². The molecule has 1 atom stereocenters. The summed E-state index contributed by atoms with van der Waals surface area (Å²) >= 11 is 0. The first-order valence-corrected chi connectivity index (χ1v) is 7.88. The van der Waals surface area contributed by atoms with E-state index in [1.807, 2.05) is 6.07 Å². The molecule has 0 fully saturated rings. The number of anilines is 1. The summed E-state index contributed by atoms with van der Waals surface area (Å²) in [6.45, 7) is 8.21. The van der Waals surface area contributed by atoms with Crippen molar-refractivity contribution >= 4 is 5.69 Å². The molecule has 2 aromatic rings. The Labute approximate surface area is 132 Å². The van der Waals surface area contributed by atoms with Crippen LogP contribution in [-0.4, -0.2) is 24.3 Å². The second-order valence-electron chi connectivity index (χ2n) is 5.99. The fraction of sp³-hybridized carbons (Fsp3) is 0.368. The summed E-state index contributed by atoms with van der Waals surface area (Å²) in [7, 11) is 0. The number of phenols is 1. The highest BCUT2D eigenvalue weighted by molar-refractivity contribution is 5.63. The van der Waals surface area contributed by atoms with Crippen molar-refractivity contribution in [2.45, 2.75) is 33.3 Å². The Balaban J connectivity index is 1.85. The van der Waals surface area contributed by atoms with Crippen LogP contribution in [-0.2, 0) is 6.42 Å². The normalized spacial score (nSPS) is 17.0. The molecule has 3 heteroatoms. The standard InChI is InChI=1S/C19H23NO2/c1-4-20-12-17(10-15-7-5-6-13(2)14(15)3)22-19-9-8-16(21)11-18(19)20/h5-9,11,17,21H,4,10,12H2,1-3H3. The number of fused-ring (bicyclic) bond motifs is 1. The van der Waals surface area contributed by atoms with Crippen LogP contribution in [0.5, 0.6) is 11.5 Å². The molecule has 1 N–H and O–H groups in total. The molecule has 0 amide bonds. The zero-order chi connectivity index (χ0) is 15.7. The maximum atomic E-state index is 9.69. The summed E-state index contributed by atoms with van der Waals surface area (Å²) in [6.07, 6.45) is 1.04. The summed E-state index contributed by atoms with van der Waals surface area (Å²) in [6, 6.07) is 11.8.